The first-order chi connectivity index (χ1) is 13.9. The third kappa shape index (κ3) is 3.40. The van der Waals surface area contributed by atoms with Gasteiger partial charge in [-0.1, -0.05) is 5.16 Å². The summed E-state index contributed by atoms with van der Waals surface area (Å²) in [5.74, 6) is 1.42. The summed E-state index contributed by atoms with van der Waals surface area (Å²) in [6.07, 6.45) is 4.51. The average molecular weight is 418 g/mol. The van der Waals surface area contributed by atoms with Crippen LogP contribution in [0.2, 0.25) is 0 Å². The van der Waals surface area contributed by atoms with Crippen LogP contribution >= 0.6 is 0 Å². The van der Waals surface area contributed by atoms with Gasteiger partial charge < -0.3 is 8.94 Å². The molecule has 1 saturated carbocycles. The predicted molar refractivity (Wildman–Crippen MR) is 103 cm³/mol. The third-order valence-corrected chi connectivity index (χ3v) is 7.63. The Bertz CT molecular complexity index is 1220. The minimum atomic E-state index is -3.67. The van der Waals surface area contributed by atoms with E-state index in [1.165, 1.54) is 27.1 Å². The van der Waals surface area contributed by atoms with Gasteiger partial charge in [0.05, 0.1) is 10.4 Å². The number of hydrogen-bond acceptors (Lipinski definition) is 7. The molecule has 9 nitrogen and oxygen atoms in total. The third-order valence-electron chi connectivity index (χ3n) is 5.77. The molecule has 2 fully saturated rings. The summed E-state index contributed by atoms with van der Waals surface area (Å²) in [6.45, 7) is 0.879. The van der Waals surface area contributed by atoms with Crippen molar-refractivity contribution in [2.75, 3.05) is 13.1 Å². The summed E-state index contributed by atoms with van der Waals surface area (Å²) >= 11 is 0. The molecule has 1 aliphatic heterocycles. The van der Waals surface area contributed by atoms with Gasteiger partial charge in [0.1, 0.15) is 0 Å². The van der Waals surface area contributed by atoms with Gasteiger partial charge >= 0.3 is 5.76 Å². The Morgan fingerprint density at radius 3 is 2.86 bits per heavy atom. The highest BCUT2D eigenvalue weighted by Crippen LogP contribution is 2.38. The largest absolute Gasteiger partial charge is 0.419 e. The van der Waals surface area contributed by atoms with Gasteiger partial charge in [0.2, 0.25) is 15.9 Å². The second-order valence-electron chi connectivity index (χ2n) is 7.95. The van der Waals surface area contributed by atoms with Gasteiger partial charge in [0.25, 0.3) is 0 Å². The van der Waals surface area contributed by atoms with E-state index in [1.807, 2.05) is 0 Å². The minimum absolute atomic E-state index is 0.132. The molecule has 1 atom stereocenters. The van der Waals surface area contributed by atoms with Crippen LogP contribution in [0.4, 0.5) is 0 Å². The number of fused-ring (bicyclic) bond motifs is 1. The second kappa shape index (κ2) is 6.81. The van der Waals surface area contributed by atoms with Crippen molar-refractivity contribution in [3.63, 3.8) is 0 Å². The molecule has 5 rings (SSSR count). The Morgan fingerprint density at radius 1 is 1.24 bits per heavy atom. The number of sulfonamides is 1. The van der Waals surface area contributed by atoms with Gasteiger partial charge in [-0.15, -0.1) is 0 Å². The maximum absolute atomic E-state index is 13.2. The number of rotatable bonds is 5. The first kappa shape index (κ1) is 18.6. The average Bonchev–Trinajstić information content (AvgIpc) is 3.40. The normalized spacial score (nSPS) is 21.1. The topological polar surface area (TPSA) is 111 Å². The van der Waals surface area contributed by atoms with E-state index in [2.05, 4.69) is 10.1 Å². The molecular formula is C19H22N4O5S. The van der Waals surface area contributed by atoms with Crippen LogP contribution in [0.15, 0.2) is 36.8 Å². The van der Waals surface area contributed by atoms with Crippen molar-refractivity contribution in [3.05, 3.63) is 40.5 Å². The van der Waals surface area contributed by atoms with E-state index in [9.17, 15) is 13.2 Å². The highest BCUT2D eigenvalue weighted by Gasteiger charge is 2.33. The molecule has 0 amide bonds. The van der Waals surface area contributed by atoms with Gasteiger partial charge in [-0.2, -0.15) is 9.29 Å². The van der Waals surface area contributed by atoms with Gasteiger partial charge in [0, 0.05) is 32.5 Å². The van der Waals surface area contributed by atoms with Crippen LogP contribution in [0.3, 0.4) is 0 Å². The van der Waals surface area contributed by atoms with Crippen LogP contribution in [-0.4, -0.2) is 40.5 Å². The van der Waals surface area contributed by atoms with Crippen LogP contribution in [-0.2, 0) is 23.5 Å². The molecule has 10 heteroatoms. The fraction of sp³-hybridized carbons (Fsp3) is 0.526. The lowest BCUT2D eigenvalue weighted by Crippen LogP contribution is -2.40. The summed E-state index contributed by atoms with van der Waals surface area (Å²) in [5, 5.41) is 4.04. The summed E-state index contributed by atoms with van der Waals surface area (Å²) in [6, 6.07) is 4.52. The molecular weight excluding hydrogens is 396 g/mol. The fourth-order valence-electron chi connectivity index (χ4n) is 3.93. The SMILES string of the molecule is Cn1c(=O)oc2ccc(S(=O)(=O)N3CCCC(Cc4nc(C5CC5)no4)C3)cc21. The molecule has 0 spiro atoms. The summed E-state index contributed by atoms with van der Waals surface area (Å²) in [7, 11) is -2.12. The summed E-state index contributed by atoms with van der Waals surface area (Å²) < 4.78 is 39.7. The summed E-state index contributed by atoms with van der Waals surface area (Å²) in [5.41, 5.74) is 0.832. The van der Waals surface area contributed by atoms with Crippen molar-refractivity contribution in [1.82, 2.24) is 19.0 Å². The molecule has 29 heavy (non-hydrogen) atoms. The summed E-state index contributed by atoms with van der Waals surface area (Å²) in [4.78, 5) is 16.3. The van der Waals surface area contributed by atoms with Gasteiger partial charge in [-0.05, 0) is 49.8 Å². The van der Waals surface area contributed by atoms with E-state index in [4.69, 9.17) is 8.94 Å². The quantitative estimate of drug-likeness (QED) is 0.623. The number of benzene rings is 1. The van der Waals surface area contributed by atoms with Crippen molar-refractivity contribution in [3.8, 4) is 0 Å². The van der Waals surface area contributed by atoms with Crippen molar-refractivity contribution in [1.29, 1.82) is 0 Å². The van der Waals surface area contributed by atoms with E-state index in [0.717, 1.165) is 31.5 Å². The van der Waals surface area contributed by atoms with E-state index >= 15 is 0 Å². The van der Waals surface area contributed by atoms with Crippen LogP contribution < -0.4 is 5.76 Å². The zero-order chi connectivity index (χ0) is 20.2. The zero-order valence-corrected chi connectivity index (χ0v) is 16.9. The molecule has 2 aliphatic rings. The molecule has 154 valence electrons. The van der Waals surface area contributed by atoms with E-state index < -0.39 is 15.8 Å². The minimum Gasteiger partial charge on any atom is -0.408 e. The maximum Gasteiger partial charge on any atom is 0.419 e. The smallest absolute Gasteiger partial charge is 0.408 e. The van der Waals surface area contributed by atoms with Gasteiger partial charge in [0.15, 0.2) is 11.4 Å². The number of piperidine rings is 1. The van der Waals surface area contributed by atoms with Crippen LogP contribution in [0.1, 0.15) is 43.3 Å². The van der Waals surface area contributed by atoms with Crippen LogP contribution in [0, 0.1) is 5.92 Å². The molecule has 1 aliphatic carbocycles. The predicted octanol–water partition coefficient (Wildman–Crippen LogP) is 2.04. The standard InChI is InChI=1S/C19H22N4O5S/c1-22-15-10-14(6-7-16(15)27-19(22)24)29(25,26)23-8-2-3-12(11-23)9-17-20-18(21-28-17)13-4-5-13/h6-7,10,12-13H,2-5,8-9,11H2,1H3. The molecule has 1 aromatic carbocycles. The molecule has 3 heterocycles. The molecule has 0 bridgehead atoms. The van der Waals surface area contributed by atoms with Crippen molar-refractivity contribution >= 4 is 21.1 Å². The highest BCUT2D eigenvalue weighted by atomic mass is 32.2. The van der Waals surface area contributed by atoms with Gasteiger partial charge in [-0.3, -0.25) is 4.57 Å². The fourth-order valence-corrected chi connectivity index (χ4v) is 5.51. The monoisotopic (exact) mass is 418 g/mol. The van der Waals surface area contributed by atoms with Gasteiger partial charge in [-0.25, -0.2) is 13.2 Å². The Morgan fingerprint density at radius 2 is 2.07 bits per heavy atom. The van der Waals surface area contributed by atoms with Crippen molar-refractivity contribution < 1.29 is 17.4 Å². The maximum atomic E-state index is 13.2. The first-order valence-corrected chi connectivity index (χ1v) is 11.3. The van der Waals surface area contributed by atoms with Crippen LogP contribution in [0.5, 0.6) is 0 Å². The lowest BCUT2D eigenvalue weighted by Gasteiger charge is -2.31. The molecule has 2 aromatic heterocycles. The number of aromatic nitrogens is 3. The van der Waals surface area contributed by atoms with E-state index in [-0.39, 0.29) is 10.8 Å². The zero-order valence-electron chi connectivity index (χ0n) is 16.1. The number of nitrogens with zero attached hydrogens (tertiary/aromatic N) is 4. The Balaban J connectivity index is 1.36. The highest BCUT2D eigenvalue weighted by molar-refractivity contribution is 7.89. The lowest BCUT2D eigenvalue weighted by atomic mass is 9.96. The number of aryl methyl sites for hydroxylation is 1. The Labute approximate surface area is 167 Å². The Hall–Kier alpha value is -2.46. The molecule has 0 N–H and O–H groups in total. The van der Waals surface area contributed by atoms with E-state index in [0.29, 0.717) is 42.4 Å². The second-order valence-corrected chi connectivity index (χ2v) is 9.89. The van der Waals surface area contributed by atoms with E-state index in [1.54, 1.807) is 7.05 Å². The molecule has 1 unspecified atom stereocenters. The van der Waals surface area contributed by atoms with Crippen LogP contribution in [0.25, 0.3) is 11.1 Å². The van der Waals surface area contributed by atoms with Crippen molar-refractivity contribution in [2.45, 2.75) is 42.9 Å². The lowest BCUT2D eigenvalue weighted by molar-refractivity contribution is 0.247. The number of hydrogen-bond donors (Lipinski definition) is 0. The number of oxazole rings is 1. The Kier molecular flexibility index (Phi) is 4.36. The molecule has 1 saturated heterocycles. The first-order valence-electron chi connectivity index (χ1n) is 9.84. The molecule has 0 radical (unpaired) electrons. The van der Waals surface area contributed by atoms with Crippen molar-refractivity contribution in [2.24, 2.45) is 13.0 Å². The molecule has 3 aromatic rings.